The molecule has 112 valence electrons. The molecule has 0 bridgehead atoms. The van der Waals surface area contributed by atoms with Crippen LogP contribution in [0.15, 0.2) is 47.7 Å². The summed E-state index contributed by atoms with van der Waals surface area (Å²) in [4.78, 5) is 3.88. The average Bonchev–Trinajstić information content (AvgIpc) is 2.80. The van der Waals surface area contributed by atoms with Crippen LogP contribution in [0.3, 0.4) is 0 Å². The van der Waals surface area contributed by atoms with Crippen molar-refractivity contribution < 1.29 is 0 Å². The molecule has 1 saturated carbocycles. The van der Waals surface area contributed by atoms with E-state index in [-0.39, 0.29) is 0 Å². The van der Waals surface area contributed by atoms with Crippen LogP contribution in [0.5, 0.6) is 0 Å². The Labute approximate surface area is 130 Å². The summed E-state index contributed by atoms with van der Waals surface area (Å²) in [5.41, 5.74) is 2.60. The van der Waals surface area contributed by atoms with Crippen LogP contribution >= 0.6 is 0 Å². The van der Waals surface area contributed by atoms with Crippen LogP contribution in [-0.2, 0) is 0 Å². The van der Waals surface area contributed by atoms with Gasteiger partial charge in [-0.25, -0.2) is 0 Å². The fourth-order valence-electron chi connectivity index (χ4n) is 4.07. The molecule has 0 spiro atoms. The second-order valence-corrected chi connectivity index (χ2v) is 11.5. The first kappa shape index (κ1) is 14.6. The molecule has 1 aromatic carbocycles. The molecule has 0 radical (unpaired) electrons. The highest BCUT2D eigenvalue weighted by Gasteiger charge is 2.40. The fraction of sp³-hybridized carbons (Fsp3) is 0.474. The molecule has 0 aromatic heterocycles. The topological polar surface area (TPSA) is 12.0 Å². The molecular weight excluding hydrogens is 270 g/mol. The first-order chi connectivity index (χ1) is 9.95. The van der Waals surface area contributed by atoms with E-state index in [1.807, 2.05) is 0 Å². The third-order valence-electron chi connectivity index (χ3n) is 5.11. The van der Waals surface area contributed by atoms with Crippen molar-refractivity contribution >= 4 is 13.9 Å². The number of fused-ring (bicyclic) bond motifs is 1. The molecule has 2 aliphatic rings. The van der Waals surface area contributed by atoms with Gasteiger partial charge in [-0.3, -0.25) is 0 Å². The highest BCUT2D eigenvalue weighted by atomic mass is 28.3. The van der Waals surface area contributed by atoms with Crippen LogP contribution < -0.4 is 4.98 Å². The summed E-state index contributed by atoms with van der Waals surface area (Å²) in [5, 5.41) is 1.71. The number of benzene rings is 1. The lowest BCUT2D eigenvalue weighted by atomic mass is 9.91. The van der Waals surface area contributed by atoms with Gasteiger partial charge >= 0.3 is 0 Å². The minimum absolute atomic E-state index is 0.782. The largest absolute Gasteiger partial charge is 0.407 e. The first-order valence-electron chi connectivity index (χ1n) is 8.19. The summed E-state index contributed by atoms with van der Waals surface area (Å²) in [5.74, 6) is 2.44. The molecule has 21 heavy (non-hydrogen) atoms. The van der Waals surface area contributed by atoms with E-state index in [1.54, 1.807) is 5.20 Å². The number of allylic oxidation sites excluding steroid dienone is 4. The van der Waals surface area contributed by atoms with Crippen molar-refractivity contribution in [3.05, 3.63) is 53.3 Å². The zero-order valence-corrected chi connectivity index (χ0v) is 14.7. The van der Waals surface area contributed by atoms with E-state index in [0.717, 1.165) is 17.8 Å². The summed E-state index contributed by atoms with van der Waals surface area (Å²) in [6, 6.07) is 8.83. The molecule has 1 N–H and O–H groups in total. The zero-order valence-electron chi connectivity index (χ0n) is 13.7. The number of hydrogen-bond donors (Lipinski definition) is 1. The molecule has 2 unspecified atom stereocenters. The van der Waals surface area contributed by atoms with Crippen molar-refractivity contribution in [2.45, 2.75) is 39.8 Å². The Bertz CT molecular complexity index is 568. The summed E-state index contributed by atoms with van der Waals surface area (Å²) in [6.45, 7) is 9.47. The van der Waals surface area contributed by atoms with Crippen molar-refractivity contribution in [2.75, 3.05) is 4.98 Å². The van der Waals surface area contributed by atoms with Crippen molar-refractivity contribution in [3.63, 3.8) is 0 Å². The number of rotatable bonds is 3. The van der Waals surface area contributed by atoms with Crippen LogP contribution in [0.25, 0.3) is 0 Å². The van der Waals surface area contributed by atoms with Gasteiger partial charge in [-0.05, 0) is 62.7 Å². The standard InChI is InChI=1S/C19H27NSi/c1-14-8-10-17(11-9-14)20-21(3,4)19-7-5-6-16-12-15(2)13-18(16)19/h5-11,15-16,18,20H,12-13H2,1-4H3/t15-,16?,18?/m0/s1. The molecule has 2 aliphatic carbocycles. The summed E-state index contributed by atoms with van der Waals surface area (Å²) >= 11 is 0. The van der Waals surface area contributed by atoms with Gasteiger partial charge in [0, 0.05) is 5.69 Å². The van der Waals surface area contributed by atoms with Crippen molar-refractivity contribution in [1.29, 1.82) is 0 Å². The minimum atomic E-state index is -1.62. The van der Waals surface area contributed by atoms with Crippen molar-refractivity contribution in [3.8, 4) is 0 Å². The fourth-order valence-corrected chi connectivity index (χ4v) is 6.88. The van der Waals surface area contributed by atoms with E-state index in [9.17, 15) is 0 Å². The SMILES string of the molecule is Cc1ccc(N[Si](C)(C)C2=CC=CC3C[C@H](C)CC23)cc1. The lowest BCUT2D eigenvalue weighted by Crippen LogP contribution is -2.43. The Balaban J connectivity index is 1.82. The molecular formula is C19H27NSi. The van der Waals surface area contributed by atoms with Crippen molar-refractivity contribution in [2.24, 2.45) is 17.8 Å². The van der Waals surface area contributed by atoms with Crippen LogP contribution in [0, 0.1) is 24.7 Å². The van der Waals surface area contributed by atoms with Crippen LogP contribution in [0.4, 0.5) is 5.69 Å². The summed E-state index contributed by atoms with van der Waals surface area (Å²) in [6.07, 6.45) is 9.89. The minimum Gasteiger partial charge on any atom is -0.407 e. The van der Waals surface area contributed by atoms with Gasteiger partial charge in [0.25, 0.3) is 0 Å². The van der Waals surface area contributed by atoms with E-state index in [0.29, 0.717) is 0 Å². The third-order valence-corrected chi connectivity index (χ3v) is 8.01. The number of nitrogens with one attached hydrogen (secondary N) is 1. The summed E-state index contributed by atoms with van der Waals surface area (Å²) in [7, 11) is -1.62. The molecule has 0 amide bonds. The van der Waals surface area contributed by atoms with E-state index >= 15 is 0 Å². The van der Waals surface area contributed by atoms with Crippen molar-refractivity contribution in [1.82, 2.24) is 0 Å². The number of hydrogen-bond acceptors (Lipinski definition) is 1. The predicted molar refractivity (Wildman–Crippen MR) is 94.9 cm³/mol. The Morgan fingerprint density at radius 2 is 1.81 bits per heavy atom. The van der Waals surface area contributed by atoms with E-state index < -0.39 is 8.24 Å². The van der Waals surface area contributed by atoms with Gasteiger partial charge in [-0.2, -0.15) is 0 Å². The highest BCUT2D eigenvalue weighted by molar-refractivity contribution is 6.87. The zero-order chi connectivity index (χ0) is 15.0. The Morgan fingerprint density at radius 3 is 2.52 bits per heavy atom. The molecule has 1 aromatic rings. The lowest BCUT2D eigenvalue weighted by Gasteiger charge is -2.35. The predicted octanol–water partition coefficient (Wildman–Crippen LogP) is 5.31. The molecule has 0 saturated heterocycles. The van der Waals surface area contributed by atoms with E-state index in [1.165, 1.54) is 24.1 Å². The normalized spacial score (nSPS) is 28.2. The quantitative estimate of drug-likeness (QED) is 0.746. The summed E-state index contributed by atoms with van der Waals surface area (Å²) < 4.78 is 0. The monoisotopic (exact) mass is 297 g/mol. The average molecular weight is 298 g/mol. The second kappa shape index (κ2) is 5.49. The molecule has 1 fully saturated rings. The van der Waals surface area contributed by atoms with Gasteiger partial charge in [-0.15, -0.1) is 0 Å². The van der Waals surface area contributed by atoms with Gasteiger partial charge in [0.05, 0.1) is 0 Å². The number of anilines is 1. The van der Waals surface area contributed by atoms with Crippen LogP contribution in [0.1, 0.15) is 25.3 Å². The van der Waals surface area contributed by atoms with Gasteiger partial charge in [0.15, 0.2) is 8.24 Å². The second-order valence-electron chi connectivity index (χ2n) is 7.47. The lowest BCUT2D eigenvalue weighted by molar-refractivity contribution is 0.538. The number of aryl methyl sites for hydroxylation is 1. The maximum Gasteiger partial charge on any atom is 0.175 e. The first-order valence-corrected chi connectivity index (χ1v) is 11.2. The Kier molecular flexibility index (Phi) is 3.83. The smallest absolute Gasteiger partial charge is 0.175 e. The maximum absolute atomic E-state index is 3.88. The van der Waals surface area contributed by atoms with Crippen LogP contribution in [0.2, 0.25) is 13.1 Å². The van der Waals surface area contributed by atoms with E-state index in [4.69, 9.17) is 0 Å². The van der Waals surface area contributed by atoms with Gasteiger partial charge in [-0.1, -0.05) is 48.0 Å². The Morgan fingerprint density at radius 1 is 1.10 bits per heavy atom. The van der Waals surface area contributed by atoms with Gasteiger partial charge in [0.2, 0.25) is 0 Å². The molecule has 0 heterocycles. The van der Waals surface area contributed by atoms with Gasteiger partial charge < -0.3 is 4.98 Å². The maximum atomic E-state index is 3.88. The molecule has 1 nitrogen and oxygen atoms in total. The van der Waals surface area contributed by atoms with E-state index in [2.05, 4.69) is 74.4 Å². The molecule has 3 atom stereocenters. The molecule has 0 aliphatic heterocycles. The molecule has 3 rings (SSSR count). The highest BCUT2D eigenvalue weighted by Crippen LogP contribution is 2.45. The van der Waals surface area contributed by atoms with Crippen LogP contribution in [-0.4, -0.2) is 8.24 Å². The Hall–Kier alpha value is -1.28. The van der Waals surface area contributed by atoms with Gasteiger partial charge in [0.1, 0.15) is 0 Å². The third kappa shape index (κ3) is 3.01. The molecule has 2 heteroatoms.